The highest BCUT2D eigenvalue weighted by atomic mass is 32.2. The van der Waals surface area contributed by atoms with Crippen LogP contribution in [0.3, 0.4) is 0 Å². The minimum Gasteiger partial charge on any atom is -0.494 e. The highest BCUT2D eigenvalue weighted by Gasteiger charge is 2.35. The quantitative estimate of drug-likeness (QED) is 0.259. The summed E-state index contributed by atoms with van der Waals surface area (Å²) in [5.41, 5.74) is 1.82. The average molecular weight is 584 g/mol. The van der Waals surface area contributed by atoms with Crippen LogP contribution in [-0.4, -0.2) is 70.8 Å². The number of nitrogens with zero attached hydrogens (tertiary/aromatic N) is 6. The summed E-state index contributed by atoms with van der Waals surface area (Å²) >= 11 is 0. The van der Waals surface area contributed by atoms with Crippen molar-refractivity contribution >= 4 is 16.0 Å². The molecule has 218 valence electrons. The summed E-state index contributed by atoms with van der Waals surface area (Å²) in [6.45, 7) is 6.97. The SMILES string of the molecule is COc1cccc(-c2nnc(NS(=O)(=O)[C@H](C)[C@H](OC(C)C)c3cnc(C)cn3)n2-c2c(OC)cccc2OC)n1. The summed E-state index contributed by atoms with van der Waals surface area (Å²) in [4.78, 5) is 13.1. The summed E-state index contributed by atoms with van der Waals surface area (Å²) in [5.74, 6) is 1.22. The number of benzene rings is 1. The van der Waals surface area contributed by atoms with E-state index < -0.39 is 21.4 Å². The van der Waals surface area contributed by atoms with E-state index in [0.29, 0.717) is 40.1 Å². The largest absolute Gasteiger partial charge is 0.494 e. The topological polar surface area (TPSA) is 152 Å². The second kappa shape index (κ2) is 12.5. The fraction of sp³-hybridized carbons (Fsp3) is 0.370. The van der Waals surface area contributed by atoms with Crippen molar-refractivity contribution in [3.05, 3.63) is 60.2 Å². The number of sulfonamides is 1. The molecule has 2 atom stereocenters. The molecule has 0 aliphatic heterocycles. The first-order valence-corrected chi connectivity index (χ1v) is 14.3. The van der Waals surface area contributed by atoms with Gasteiger partial charge in [0, 0.05) is 12.3 Å². The van der Waals surface area contributed by atoms with E-state index in [0.717, 1.165) is 0 Å². The molecule has 0 spiro atoms. The summed E-state index contributed by atoms with van der Waals surface area (Å²) < 4.78 is 54.4. The Kier molecular flexibility index (Phi) is 9.03. The molecule has 0 unspecified atom stereocenters. The van der Waals surface area contributed by atoms with E-state index in [2.05, 4.69) is 29.9 Å². The van der Waals surface area contributed by atoms with Crippen LogP contribution in [0.5, 0.6) is 17.4 Å². The molecular formula is C27H33N7O6S. The number of hydrogen-bond donors (Lipinski definition) is 1. The minimum atomic E-state index is -4.16. The second-order valence-corrected chi connectivity index (χ2v) is 11.3. The second-order valence-electron chi connectivity index (χ2n) is 9.30. The third kappa shape index (κ3) is 6.38. The van der Waals surface area contributed by atoms with Crippen LogP contribution in [0.2, 0.25) is 0 Å². The Balaban J connectivity index is 1.86. The first kappa shape index (κ1) is 29.7. The number of methoxy groups -OCH3 is 3. The van der Waals surface area contributed by atoms with Gasteiger partial charge in [0.25, 0.3) is 0 Å². The van der Waals surface area contributed by atoms with Gasteiger partial charge in [0.15, 0.2) is 5.82 Å². The lowest BCUT2D eigenvalue weighted by atomic mass is 10.2. The third-order valence-corrected chi connectivity index (χ3v) is 7.80. The van der Waals surface area contributed by atoms with E-state index in [1.807, 2.05) is 13.8 Å². The van der Waals surface area contributed by atoms with Crippen molar-refractivity contribution in [2.24, 2.45) is 0 Å². The first-order valence-electron chi connectivity index (χ1n) is 12.7. The Morgan fingerprint density at radius 3 is 2.15 bits per heavy atom. The van der Waals surface area contributed by atoms with Gasteiger partial charge in [-0.3, -0.25) is 19.3 Å². The first-order chi connectivity index (χ1) is 19.6. The van der Waals surface area contributed by atoms with Gasteiger partial charge < -0.3 is 18.9 Å². The standard InChI is InChI=1S/C27H33N7O6S/c1-16(2)40-25(20-15-28-17(3)14-29-20)18(4)41(35,36)33-27-32-31-26(19-10-8-13-23(30-19)39-7)34(27)24-21(37-5)11-9-12-22(24)38-6/h8-16,18,25H,1-7H3,(H,32,33)/t18-,25+/m1/s1. The number of para-hydroxylation sites is 1. The number of rotatable bonds is 12. The lowest BCUT2D eigenvalue weighted by Crippen LogP contribution is -2.34. The van der Waals surface area contributed by atoms with Gasteiger partial charge in [0.05, 0.1) is 45.0 Å². The van der Waals surface area contributed by atoms with Crippen LogP contribution in [0.4, 0.5) is 5.95 Å². The number of aromatic nitrogens is 6. The molecule has 3 heterocycles. The van der Waals surface area contributed by atoms with Gasteiger partial charge in [-0.1, -0.05) is 12.1 Å². The zero-order chi connectivity index (χ0) is 29.7. The predicted molar refractivity (Wildman–Crippen MR) is 152 cm³/mol. The molecular weight excluding hydrogens is 550 g/mol. The van der Waals surface area contributed by atoms with Crippen LogP contribution in [0.1, 0.15) is 38.3 Å². The molecule has 3 aromatic heterocycles. The summed E-state index contributed by atoms with van der Waals surface area (Å²) in [7, 11) is 0.324. The van der Waals surface area contributed by atoms with Crippen molar-refractivity contribution in [2.45, 2.75) is 45.2 Å². The molecule has 13 nitrogen and oxygen atoms in total. The Morgan fingerprint density at radius 1 is 0.878 bits per heavy atom. The van der Waals surface area contributed by atoms with Gasteiger partial charge in [-0.2, -0.15) is 0 Å². The molecule has 41 heavy (non-hydrogen) atoms. The molecule has 4 aromatic rings. The van der Waals surface area contributed by atoms with Crippen LogP contribution in [0, 0.1) is 6.92 Å². The monoisotopic (exact) mass is 583 g/mol. The molecule has 0 amide bonds. The lowest BCUT2D eigenvalue weighted by molar-refractivity contribution is 0.00394. The fourth-order valence-corrected chi connectivity index (χ4v) is 5.18. The van der Waals surface area contributed by atoms with Crippen LogP contribution in [0.15, 0.2) is 48.8 Å². The Labute approximate surface area is 239 Å². The van der Waals surface area contributed by atoms with E-state index in [-0.39, 0.29) is 17.9 Å². The summed E-state index contributed by atoms with van der Waals surface area (Å²) in [6.07, 6.45) is 1.88. The minimum absolute atomic E-state index is 0.113. The molecule has 1 aromatic carbocycles. The van der Waals surface area contributed by atoms with E-state index in [1.165, 1.54) is 39.0 Å². The van der Waals surface area contributed by atoms with Crippen molar-refractivity contribution in [3.8, 4) is 34.6 Å². The molecule has 0 aliphatic rings. The van der Waals surface area contributed by atoms with Gasteiger partial charge in [-0.05, 0) is 45.9 Å². The molecule has 0 aliphatic carbocycles. The fourth-order valence-electron chi connectivity index (χ4n) is 4.08. The molecule has 0 bridgehead atoms. The van der Waals surface area contributed by atoms with Crippen molar-refractivity contribution < 1.29 is 27.4 Å². The van der Waals surface area contributed by atoms with Crippen LogP contribution < -0.4 is 18.9 Å². The number of nitrogens with one attached hydrogen (secondary N) is 1. The molecule has 0 fully saturated rings. The highest BCUT2D eigenvalue weighted by Crippen LogP contribution is 2.38. The number of hydrogen-bond acceptors (Lipinski definition) is 11. The number of pyridine rings is 1. The van der Waals surface area contributed by atoms with Crippen molar-refractivity contribution in [3.63, 3.8) is 0 Å². The van der Waals surface area contributed by atoms with Gasteiger partial charge in [0.2, 0.25) is 21.9 Å². The molecule has 4 rings (SSSR count). The number of aryl methyl sites for hydroxylation is 1. The van der Waals surface area contributed by atoms with Crippen LogP contribution in [-0.2, 0) is 14.8 Å². The zero-order valence-electron chi connectivity index (χ0n) is 23.9. The van der Waals surface area contributed by atoms with Gasteiger partial charge in [0.1, 0.15) is 34.2 Å². The van der Waals surface area contributed by atoms with E-state index >= 15 is 0 Å². The molecule has 0 saturated carbocycles. The van der Waals surface area contributed by atoms with Gasteiger partial charge in [-0.25, -0.2) is 13.4 Å². The molecule has 0 saturated heterocycles. The normalized spacial score (nSPS) is 13.1. The van der Waals surface area contributed by atoms with Crippen molar-refractivity contribution in [1.82, 2.24) is 29.7 Å². The maximum Gasteiger partial charge on any atom is 0.243 e. The summed E-state index contributed by atoms with van der Waals surface area (Å²) in [5, 5.41) is 7.40. The van der Waals surface area contributed by atoms with Crippen LogP contribution in [0.25, 0.3) is 17.2 Å². The molecule has 14 heteroatoms. The predicted octanol–water partition coefficient (Wildman–Crippen LogP) is 3.75. The lowest BCUT2D eigenvalue weighted by Gasteiger charge is -2.26. The Morgan fingerprint density at radius 2 is 1.56 bits per heavy atom. The Bertz CT molecular complexity index is 1570. The smallest absolute Gasteiger partial charge is 0.243 e. The molecule has 0 radical (unpaired) electrons. The summed E-state index contributed by atoms with van der Waals surface area (Å²) in [6, 6.07) is 10.3. The Hall–Kier alpha value is -4.30. The maximum atomic E-state index is 13.9. The van der Waals surface area contributed by atoms with Crippen molar-refractivity contribution in [1.29, 1.82) is 0 Å². The van der Waals surface area contributed by atoms with E-state index in [4.69, 9.17) is 18.9 Å². The maximum absolute atomic E-state index is 13.9. The zero-order valence-corrected chi connectivity index (χ0v) is 24.7. The van der Waals surface area contributed by atoms with Gasteiger partial charge >= 0.3 is 0 Å². The number of anilines is 1. The van der Waals surface area contributed by atoms with E-state index in [9.17, 15) is 8.42 Å². The third-order valence-electron chi connectivity index (χ3n) is 6.11. The molecule has 1 N–H and O–H groups in total. The van der Waals surface area contributed by atoms with Crippen LogP contribution >= 0.6 is 0 Å². The number of ether oxygens (including phenoxy) is 4. The van der Waals surface area contributed by atoms with Gasteiger partial charge in [-0.15, -0.1) is 10.2 Å². The van der Waals surface area contributed by atoms with Crippen molar-refractivity contribution in [2.75, 3.05) is 26.1 Å². The highest BCUT2D eigenvalue weighted by molar-refractivity contribution is 7.93. The average Bonchev–Trinajstić information content (AvgIpc) is 3.37. The van der Waals surface area contributed by atoms with E-state index in [1.54, 1.807) is 49.5 Å².